The molecule has 0 aromatic rings. The molecule has 0 atom stereocenters. The van der Waals surface area contributed by atoms with Gasteiger partial charge in [-0.2, -0.15) is 0 Å². The van der Waals surface area contributed by atoms with Gasteiger partial charge in [0.2, 0.25) is 13.2 Å². The third-order valence-corrected chi connectivity index (χ3v) is 0.887. The summed E-state index contributed by atoms with van der Waals surface area (Å²) in [5.41, 5.74) is 0. The minimum absolute atomic E-state index is 0.260. The molecular weight excluding hydrogens is 122 g/mol. The average Bonchev–Trinajstić information content (AvgIpc) is 2.34. The van der Waals surface area contributed by atoms with E-state index in [9.17, 15) is 4.79 Å². The van der Waals surface area contributed by atoms with Crippen LogP contribution in [0.3, 0.4) is 0 Å². The summed E-state index contributed by atoms with van der Waals surface area (Å²) in [6, 6.07) is 0. The van der Waals surface area contributed by atoms with Crippen LogP contribution < -0.4 is 5.32 Å². The van der Waals surface area contributed by atoms with Gasteiger partial charge in [-0.05, 0) is 0 Å². The van der Waals surface area contributed by atoms with E-state index in [-0.39, 0.29) is 6.79 Å². The lowest BCUT2D eigenvalue weighted by molar-refractivity contribution is -0.109. The topological polar surface area (TPSA) is 47.6 Å². The Hall–Kier alpha value is -1.19. The average molecular weight is 129 g/mol. The van der Waals surface area contributed by atoms with Crippen LogP contribution in [-0.2, 0) is 14.3 Å². The second kappa shape index (κ2) is 2.96. The van der Waals surface area contributed by atoms with E-state index in [1.807, 2.05) is 0 Å². The van der Waals surface area contributed by atoms with Crippen LogP contribution in [0, 0.1) is 0 Å². The summed E-state index contributed by atoms with van der Waals surface area (Å²) in [6.07, 6.45) is 2.10. The van der Waals surface area contributed by atoms with E-state index in [0.29, 0.717) is 18.7 Å². The molecule has 1 aliphatic heterocycles. The molecule has 0 spiro atoms. The van der Waals surface area contributed by atoms with Crippen molar-refractivity contribution >= 4 is 6.41 Å². The molecule has 4 heteroatoms. The predicted molar refractivity (Wildman–Crippen MR) is 29.2 cm³/mol. The van der Waals surface area contributed by atoms with Crippen molar-refractivity contribution < 1.29 is 14.3 Å². The van der Waals surface area contributed by atoms with Crippen molar-refractivity contribution in [2.45, 2.75) is 0 Å². The fourth-order valence-corrected chi connectivity index (χ4v) is 0.506. The Balaban J connectivity index is 2.18. The molecular formula is C5H7NO3. The molecule has 50 valence electrons. The molecule has 0 saturated heterocycles. The summed E-state index contributed by atoms with van der Waals surface area (Å²) >= 11 is 0. The lowest BCUT2D eigenvalue weighted by atomic mass is 10.5. The number of amides is 1. The van der Waals surface area contributed by atoms with Crippen LogP contribution in [0.15, 0.2) is 12.0 Å². The first-order valence-electron chi connectivity index (χ1n) is 2.54. The van der Waals surface area contributed by atoms with Crippen molar-refractivity contribution in [2.75, 3.05) is 13.3 Å². The van der Waals surface area contributed by atoms with Gasteiger partial charge in [0.1, 0.15) is 6.26 Å². The standard InChI is InChI=1S/C5H7NO3/c7-3-6-1-5-2-8-4-9-5/h2-3H,1,4H2,(H,6,7). The zero-order valence-corrected chi connectivity index (χ0v) is 4.79. The molecule has 4 nitrogen and oxygen atoms in total. The molecule has 9 heavy (non-hydrogen) atoms. The molecule has 0 fully saturated rings. The van der Waals surface area contributed by atoms with E-state index in [2.05, 4.69) is 5.32 Å². The second-order valence-electron chi connectivity index (χ2n) is 1.51. The van der Waals surface area contributed by atoms with Crippen LogP contribution in [0.5, 0.6) is 0 Å². The summed E-state index contributed by atoms with van der Waals surface area (Å²) < 4.78 is 9.59. The fraction of sp³-hybridized carbons (Fsp3) is 0.400. The highest BCUT2D eigenvalue weighted by atomic mass is 16.7. The number of carbonyl (C=O) groups excluding carboxylic acids is 1. The molecule has 0 saturated carbocycles. The lowest BCUT2D eigenvalue weighted by Crippen LogP contribution is -2.14. The number of carbonyl (C=O) groups is 1. The van der Waals surface area contributed by atoms with Crippen molar-refractivity contribution in [1.29, 1.82) is 0 Å². The Bertz CT molecular complexity index is 132. The number of ether oxygens (including phenoxy) is 2. The van der Waals surface area contributed by atoms with Crippen molar-refractivity contribution in [3.63, 3.8) is 0 Å². The van der Waals surface area contributed by atoms with Gasteiger partial charge in [-0.25, -0.2) is 0 Å². The number of hydrogen-bond acceptors (Lipinski definition) is 3. The van der Waals surface area contributed by atoms with Crippen molar-refractivity contribution in [3.05, 3.63) is 12.0 Å². The summed E-state index contributed by atoms with van der Waals surface area (Å²) in [5, 5.41) is 2.44. The van der Waals surface area contributed by atoms with E-state index in [0.717, 1.165) is 0 Å². The highest BCUT2D eigenvalue weighted by molar-refractivity contribution is 5.46. The normalized spacial score (nSPS) is 15.3. The lowest BCUT2D eigenvalue weighted by Gasteiger charge is -1.96. The van der Waals surface area contributed by atoms with Crippen LogP contribution in [0.2, 0.25) is 0 Å². The zero-order chi connectivity index (χ0) is 6.53. The molecule has 1 rings (SSSR count). The Morgan fingerprint density at radius 2 is 2.78 bits per heavy atom. The molecule has 0 bridgehead atoms. The monoisotopic (exact) mass is 129 g/mol. The summed E-state index contributed by atoms with van der Waals surface area (Å²) in [6.45, 7) is 0.666. The van der Waals surface area contributed by atoms with Crippen LogP contribution in [0.4, 0.5) is 0 Å². The number of hydrogen-bond donors (Lipinski definition) is 1. The van der Waals surface area contributed by atoms with Crippen molar-refractivity contribution in [2.24, 2.45) is 0 Å². The van der Waals surface area contributed by atoms with E-state index in [1.54, 1.807) is 0 Å². The highest BCUT2D eigenvalue weighted by Crippen LogP contribution is 2.03. The summed E-state index contributed by atoms with van der Waals surface area (Å²) in [5.74, 6) is 0.655. The number of rotatable bonds is 3. The quantitative estimate of drug-likeness (QED) is 0.526. The van der Waals surface area contributed by atoms with Crippen LogP contribution >= 0.6 is 0 Å². The van der Waals surface area contributed by atoms with E-state index in [4.69, 9.17) is 9.47 Å². The molecule has 0 radical (unpaired) electrons. The molecule has 0 unspecified atom stereocenters. The highest BCUT2D eigenvalue weighted by Gasteiger charge is 2.03. The summed E-state index contributed by atoms with van der Waals surface area (Å²) in [7, 11) is 0. The van der Waals surface area contributed by atoms with Gasteiger partial charge in [0, 0.05) is 0 Å². The van der Waals surface area contributed by atoms with Gasteiger partial charge in [0.05, 0.1) is 6.54 Å². The smallest absolute Gasteiger partial charge is 0.229 e. The fourth-order valence-electron chi connectivity index (χ4n) is 0.506. The van der Waals surface area contributed by atoms with Gasteiger partial charge in [0.15, 0.2) is 5.76 Å². The maximum absolute atomic E-state index is 9.73. The Morgan fingerprint density at radius 1 is 1.89 bits per heavy atom. The van der Waals surface area contributed by atoms with E-state index in [1.165, 1.54) is 6.26 Å². The van der Waals surface area contributed by atoms with Crippen molar-refractivity contribution in [1.82, 2.24) is 5.32 Å². The zero-order valence-electron chi connectivity index (χ0n) is 4.79. The van der Waals surface area contributed by atoms with Gasteiger partial charge in [0.25, 0.3) is 0 Å². The van der Waals surface area contributed by atoms with Crippen molar-refractivity contribution in [3.8, 4) is 0 Å². The van der Waals surface area contributed by atoms with Crippen LogP contribution in [0.25, 0.3) is 0 Å². The van der Waals surface area contributed by atoms with E-state index >= 15 is 0 Å². The predicted octanol–water partition coefficient (Wildman–Crippen LogP) is -0.422. The van der Waals surface area contributed by atoms with Gasteiger partial charge < -0.3 is 14.8 Å². The van der Waals surface area contributed by atoms with Gasteiger partial charge >= 0.3 is 0 Å². The largest absolute Gasteiger partial charge is 0.462 e. The Morgan fingerprint density at radius 3 is 3.33 bits per heavy atom. The van der Waals surface area contributed by atoms with Crippen LogP contribution in [0.1, 0.15) is 0 Å². The van der Waals surface area contributed by atoms with Gasteiger partial charge in [-0.15, -0.1) is 0 Å². The SMILES string of the molecule is O=CNCC1=COCO1. The first kappa shape index (κ1) is 5.94. The number of nitrogens with one attached hydrogen (secondary N) is 1. The third kappa shape index (κ3) is 1.64. The first-order valence-corrected chi connectivity index (χ1v) is 2.54. The van der Waals surface area contributed by atoms with Crippen LogP contribution in [-0.4, -0.2) is 19.7 Å². The maximum atomic E-state index is 9.73. The minimum Gasteiger partial charge on any atom is -0.462 e. The maximum Gasteiger partial charge on any atom is 0.229 e. The molecule has 0 aliphatic carbocycles. The molecule has 1 aliphatic rings. The first-order chi connectivity index (χ1) is 4.43. The second-order valence-corrected chi connectivity index (χ2v) is 1.51. The molecule has 1 amide bonds. The Labute approximate surface area is 52.4 Å². The van der Waals surface area contributed by atoms with E-state index < -0.39 is 0 Å². The minimum atomic E-state index is 0.260. The summed E-state index contributed by atoms with van der Waals surface area (Å²) in [4.78, 5) is 9.73. The molecule has 1 heterocycles. The molecule has 0 aromatic carbocycles. The molecule has 1 N–H and O–H groups in total. The Kier molecular flexibility index (Phi) is 1.95. The van der Waals surface area contributed by atoms with Gasteiger partial charge in [-0.3, -0.25) is 4.79 Å². The van der Waals surface area contributed by atoms with Gasteiger partial charge in [-0.1, -0.05) is 0 Å². The molecule has 0 aromatic heterocycles. The third-order valence-electron chi connectivity index (χ3n) is 0.887.